The predicted octanol–water partition coefficient (Wildman–Crippen LogP) is 6.28. The van der Waals surface area contributed by atoms with E-state index in [0.717, 1.165) is 57.2 Å². The summed E-state index contributed by atoms with van der Waals surface area (Å²) in [5.41, 5.74) is 0.843. The fourth-order valence-corrected chi connectivity index (χ4v) is 5.59. The Morgan fingerprint density at radius 2 is 1.91 bits per heavy atom. The van der Waals surface area contributed by atoms with E-state index in [9.17, 15) is 13.2 Å². The number of ether oxygens (including phenoxy) is 2. The molecule has 2 fully saturated rings. The molecule has 1 saturated heterocycles. The number of nitrogens with zero attached hydrogens (tertiary/aromatic N) is 2. The molecule has 174 valence electrons. The van der Waals surface area contributed by atoms with Gasteiger partial charge in [-0.2, -0.15) is 13.2 Å². The van der Waals surface area contributed by atoms with Gasteiger partial charge in [-0.25, -0.2) is 4.98 Å². The van der Waals surface area contributed by atoms with Gasteiger partial charge in [0.15, 0.2) is 0 Å². The Bertz CT molecular complexity index is 898. The number of methoxy groups -OCH3 is 1. The van der Waals surface area contributed by atoms with Crippen LogP contribution in [0.5, 0.6) is 5.88 Å². The minimum Gasteiger partial charge on any atom is -0.481 e. The Morgan fingerprint density at radius 1 is 1.09 bits per heavy atom. The zero-order valence-corrected chi connectivity index (χ0v) is 18.6. The van der Waals surface area contributed by atoms with Gasteiger partial charge in [0.1, 0.15) is 5.56 Å². The van der Waals surface area contributed by atoms with Crippen molar-refractivity contribution in [2.75, 3.05) is 13.7 Å². The molecule has 0 aromatic carbocycles. The highest BCUT2D eigenvalue weighted by atomic mass is 19.4. The van der Waals surface area contributed by atoms with Crippen molar-refractivity contribution in [2.24, 2.45) is 0 Å². The van der Waals surface area contributed by atoms with Crippen molar-refractivity contribution in [1.29, 1.82) is 0 Å². The Kier molecular flexibility index (Phi) is 6.75. The molecule has 7 heteroatoms. The van der Waals surface area contributed by atoms with Crippen molar-refractivity contribution in [3.63, 3.8) is 0 Å². The lowest BCUT2D eigenvalue weighted by atomic mass is 9.67. The number of halogens is 3. The van der Waals surface area contributed by atoms with E-state index in [1.54, 1.807) is 0 Å². The molecule has 1 atom stereocenters. The van der Waals surface area contributed by atoms with Crippen molar-refractivity contribution >= 4 is 0 Å². The van der Waals surface area contributed by atoms with Crippen molar-refractivity contribution in [3.8, 4) is 5.88 Å². The second-order valence-electron chi connectivity index (χ2n) is 9.27. The van der Waals surface area contributed by atoms with Crippen LogP contribution in [0.1, 0.15) is 74.6 Å². The number of pyridine rings is 2. The molecule has 3 heterocycles. The first-order chi connectivity index (χ1) is 15.4. The molecule has 2 aliphatic rings. The lowest BCUT2D eigenvalue weighted by molar-refractivity contribution is -0.139. The standard InChI is InChI=1S/C25H31F3N2O2/c1-31-22-20(25(26,27)28)16-19(17-30-22)8-2-4-10-23(21-9-3-7-14-29-21)13-15-32-24(18-23)11-5-6-12-24/h3,7,9,14,16-17H,2,4-6,8,10-13,15,18H2,1H3. The number of aryl methyl sites for hydroxylation is 1. The molecule has 1 spiro atoms. The van der Waals surface area contributed by atoms with Gasteiger partial charge in [-0.15, -0.1) is 0 Å². The summed E-state index contributed by atoms with van der Waals surface area (Å²) < 4.78 is 51.0. The number of hydrogen-bond donors (Lipinski definition) is 0. The van der Waals surface area contributed by atoms with Crippen molar-refractivity contribution < 1.29 is 22.6 Å². The van der Waals surface area contributed by atoms with Crippen LogP contribution < -0.4 is 4.74 Å². The first-order valence-electron chi connectivity index (χ1n) is 11.5. The summed E-state index contributed by atoms with van der Waals surface area (Å²) in [7, 11) is 1.21. The zero-order chi connectivity index (χ0) is 22.7. The molecule has 4 nitrogen and oxygen atoms in total. The van der Waals surface area contributed by atoms with E-state index in [-0.39, 0.29) is 16.9 Å². The number of aromatic nitrogens is 2. The van der Waals surface area contributed by atoms with Gasteiger partial charge >= 0.3 is 6.18 Å². The van der Waals surface area contributed by atoms with Gasteiger partial charge in [-0.1, -0.05) is 25.3 Å². The molecule has 0 radical (unpaired) electrons. The smallest absolute Gasteiger partial charge is 0.421 e. The van der Waals surface area contributed by atoms with E-state index in [4.69, 9.17) is 14.5 Å². The first-order valence-corrected chi connectivity index (χ1v) is 11.5. The predicted molar refractivity (Wildman–Crippen MR) is 116 cm³/mol. The van der Waals surface area contributed by atoms with E-state index in [2.05, 4.69) is 11.1 Å². The summed E-state index contributed by atoms with van der Waals surface area (Å²) >= 11 is 0. The lowest BCUT2D eigenvalue weighted by Gasteiger charge is -2.46. The highest BCUT2D eigenvalue weighted by Gasteiger charge is 2.48. The van der Waals surface area contributed by atoms with Crippen LogP contribution in [0, 0.1) is 0 Å². The van der Waals surface area contributed by atoms with E-state index >= 15 is 0 Å². The van der Waals surface area contributed by atoms with Crippen LogP contribution in [0.3, 0.4) is 0 Å². The fourth-order valence-electron chi connectivity index (χ4n) is 5.59. The molecular formula is C25H31F3N2O2. The molecule has 0 N–H and O–H groups in total. The van der Waals surface area contributed by atoms with Gasteiger partial charge in [0, 0.05) is 30.1 Å². The van der Waals surface area contributed by atoms with Crippen LogP contribution >= 0.6 is 0 Å². The SMILES string of the molecule is COc1ncc(CCCCC2(c3ccccn3)CCOC3(CCCC3)C2)cc1C(F)(F)F. The first kappa shape index (κ1) is 23.0. The topological polar surface area (TPSA) is 44.2 Å². The minimum absolute atomic E-state index is 0.0286. The Hall–Kier alpha value is -2.15. The summed E-state index contributed by atoms with van der Waals surface area (Å²) in [5.74, 6) is -0.376. The third-order valence-electron chi connectivity index (χ3n) is 7.15. The molecule has 1 saturated carbocycles. The Labute approximate surface area is 187 Å². The van der Waals surface area contributed by atoms with Gasteiger partial charge in [0.05, 0.1) is 12.7 Å². The molecular weight excluding hydrogens is 417 g/mol. The number of unbranched alkanes of at least 4 members (excludes halogenated alkanes) is 1. The van der Waals surface area contributed by atoms with Crippen molar-refractivity contribution in [1.82, 2.24) is 9.97 Å². The average Bonchev–Trinajstić information content (AvgIpc) is 3.24. The highest BCUT2D eigenvalue weighted by molar-refractivity contribution is 5.32. The van der Waals surface area contributed by atoms with Gasteiger partial charge in [-0.05, 0) is 68.7 Å². The Balaban J connectivity index is 1.45. The van der Waals surface area contributed by atoms with Gasteiger partial charge in [0.2, 0.25) is 5.88 Å². The summed E-state index contributed by atoms with van der Waals surface area (Å²) in [6, 6.07) is 7.28. The van der Waals surface area contributed by atoms with E-state index < -0.39 is 11.7 Å². The number of rotatable bonds is 7. The van der Waals surface area contributed by atoms with Crippen LogP contribution in [0.15, 0.2) is 36.7 Å². The molecule has 0 amide bonds. The third-order valence-corrected chi connectivity index (χ3v) is 7.15. The zero-order valence-electron chi connectivity index (χ0n) is 18.6. The normalized spacial score (nSPS) is 22.9. The maximum atomic E-state index is 13.3. The summed E-state index contributed by atoms with van der Waals surface area (Å²) in [6.45, 7) is 0.744. The number of hydrogen-bond acceptors (Lipinski definition) is 4. The molecule has 1 aliphatic carbocycles. The Morgan fingerprint density at radius 3 is 2.59 bits per heavy atom. The molecule has 1 unspecified atom stereocenters. The van der Waals surface area contributed by atoms with Gasteiger partial charge in [-0.3, -0.25) is 4.98 Å². The van der Waals surface area contributed by atoms with Crippen LogP contribution in [0.2, 0.25) is 0 Å². The van der Waals surface area contributed by atoms with Crippen LogP contribution in [0.4, 0.5) is 13.2 Å². The van der Waals surface area contributed by atoms with Crippen LogP contribution in [-0.2, 0) is 22.7 Å². The molecule has 0 bridgehead atoms. The lowest BCUT2D eigenvalue weighted by Crippen LogP contribution is -2.46. The van der Waals surface area contributed by atoms with Gasteiger partial charge < -0.3 is 9.47 Å². The minimum atomic E-state index is -4.48. The summed E-state index contributed by atoms with van der Waals surface area (Å²) in [6.07, 6.45) is 8.68. The third kappa shape index (κ3) is 4.92. The van der Waals surface area contributed by atoms with E-state index in [1.165, 1.54) is 32.2 Å². The second kappa shape index (κ2) is 9.38. The second-order valence-corrected chi connectivity index (χ2v) is 9.27. The quantitative estimate of drug-likeness (QED) is 0.468. The van der Waals surface area contributed by atoms with Crippen molar-refractivity contribution in [2.45, 2.75) is 81.4 Å². The average molecular weight is 449 g/mol. The van der Waals surface area contributed by atoms with Crippen LogP contribution in [-0.4, -0.2) is 29.3 Å². The van der Waals surface area contributed by atoms with Gasteiger partial charge in [0.25, 0.3) is 0 Å². The highest BCUT2D eigenvalue weighted by Crippen LogP contribution is 2.50. The fraction of sp³-hybridized carbons (Fsp3) is 0.600. The molecule has 2 aromatic heterocycles. The van der Waals surface area contributed by atoms with E-state index in [1.807, 2.05) is 18.3 Å². The maximum absolute atomic E-state index is 13.3. The van der Waals surface area contributed by atoms with Crippen LogP contribution in [0.25, 0.3) is 0 Å². The van der Waals surface area contributed by atoms with Crippen molar-refractivity contribution in [3.05, 3.63) is 53.5 Å². The summed E-state index contributed by atoms with van der Waals surface area (Å²) in [5, 5.41) is 0. The van der Waals surface area contributed by atoms with E-state index in [0.29, 0.717) is 12.0 Å². The number of alkyl halides is 3. The molecule has 4 rings (SSSR count). The molecule has 1 aliphatic heterocycles. The molecule has 2 aromatic rings. The maximum Gasteiger partial charge on any atom is 0.421 e. The molecule has 32 heavy (non-hydrogen) atoms. The largest absolute Gasteiger partial charge is 0.481 e. The summed E-state index contributed by atoms with van der Waals surface area (Å²) in [4.78, 5) is 8.59. The monoisotopic (exact) mass is 448 g/mol.